The van der Waals surface area contributed by atoms with Crippen LogP contribution in [-0.4, -0.2) is 38.4 Å². The molecule has 2 amide bonds. The van der Waals surface area contributed by atoms with E-state index >= 15 is 0 Å². The number of nitrogen functional groups attached to an aromatic ring is 1. The van der Waals surface area contributed by atoms with Crippen molar-refractivity contribution in [2.75, 3.05) is 42.5 Å². The Morgan fingerprint density at radius 3 is 2.55 bits per heavy atom. The van der Waals surface area contributed by atoms with E-state index in [1.807, 2.05) is 0 Å². The maximum Gasteiger partial charge on any atom is 0.239 e. The summed E-state index contributed by atoms with van der Waals surface area (Å²) in [5, 5.41) is 2.74. The average Bonchev–Trinajstić information content (AvgIpc) is 3.33. The van der Waals surface area contributed by atoms with Crippen LogP contribution >= 0.6 is 0 Å². The number of carbonyl (C=O) groups is 2. The molecule has 3 aliphatic rings. The van der Waals surface area contributed by atoms with Gasteiger partial charge >= 0.3 is 0 Å². The Bertz CT molecular complexity index is 1010. The number of fused-ring (bicyclic) bond motifs is 2. The Kier molecular flexibility index (Phi) is 4.08. The van der Waals surface area contributed by atoms with Gasteiger partial charge in [-0.15, -0.1) is 0 Å². The van der Waals surface area contributed by atoms with E-state index in [9.17, 15) is 9.59 Å². The fraction of sp³-hybridized carbons (Fsp3) is 0.300. The van der Waals surface area contributed by atoms with Crippen LogP contribution in [0.4, 0.5) is 17.1 Å². The SMILES string of the molecule is Nc1cc2c(cc1NC(=O)C1CCN(c3ccc4c(c3)OCCO4)C1=O)OCO2. The second-order valence-electron chi connectivity index (χ2n) is 6.94. The summed E-state index contributed by atoms with van der Waals surface area (Å²) in [5.41, 5.74) is 7.40. The zero-order valence-corrected chi connectivity index (χ0v) is 15.5. The molecule has 1 atom stereocenters. The third-order valence-electron chi connectivity index (χ3n) is 5.16. The highest BCUT2D eigenvalue weighted by Gasteiger charge is 2.38. The maximum absolute atomic E-state index is 12.9. The lowest BCUT2D eigenvalue weighted by Crippen LogP contribution is -2.33. The van der Waals surface area contributed by atoms with Crippen molar-refractivity contribution < 1.29 is 28.5 Å². The largest absolute Gasteiger partial charge is 0.486 e. The van der Waals surface area contributed by atoms with Crippen molar-refractivity contribution in [3.63, 3.8) is 0 Å². The van der Waals surface area contributed by atoms with Crippen LogP contribution in [0.1, 0.15) is 6.42 Å². The summed E-state index contributed by atoms with van der Waals surface area (Å²) < 4.78 is 21.7. The third-order valence-corrected chi connectivity index (χ3v) is 5.16. The molecule has 2 aromatic rings. The molecule has 1 saturated heterocycles. The molecular formula is C20H19N3O6. The molecule has 3 N–H and O–H groups in total. The highest BCUT2D eigenvalue weighted by Crippen LogP contribution is 2.39. The topological polar surface area (TPSA) is 112 Å². The zero-order chi connectivity index (χ0) is 20.0. The van der Waals surface area contributed by atoms with Gasteiger partial charge in [-0.25, -0.2) is 0 Å². The van der Waals surface area contributed by atoms with E-state index < -0.39 is 11.8 Å². The number of carbonyl (C=O) groups excluding carboxylic acids is 2. The molecule has 9 heteroatoms. The maximum atomic E-state index is 12.9. The number of anilines is 3. The van der Waals surface area contributed by atoms with Gasteiger partial charge in [0.25, 0.3) is 0 Å². The second kappa shape index (κ2) is 6.77. The highest BCUT2D eigenvalue weighted by atomic mass is 16.7. The first-order valence-corrected chi connectivity index (χ1v) is 9.31. The van der Waals surface area contributed by atoms with Crippen LogP contribution in [-0.2, 0) is 9.59 Å². The molecule has 5 rings (SSSR count). The molecule has 0 spiro atoms. The Labute approximate surface area is 166 Å². The van der Waals surface area contributed by atoms with E-state index in [4.69, 9.17) is 24.7 Å². The molecule has 1 fully saturated rings. The molecular weight excluding hydrogens is 378 g/mol. The van der Waals surface area contributed by atoms with Crippen molar-refractivity contribution >= 4 is 28.9 Å². The highest BCUT2D eigenvalue weighted by molar-refractivity contribution is 6.14. The van der Waals surface area contributed by atoms with Crippen molar-refractivity contribution in [3.8, 4) is 23.0 Å². The van der Waals surface area contributed by atoms with Gasteiger partial charge < -0.3 is 34.9 Å². The molecule has 150 valence electrons. The van der Waals surface area contributed by atoms with Crippen LogP contribution < -0.4 is 34.9 Å². The fourth-order valence-corrected chi connectivity index (χ4v) is 3.67. The van der Waals surface area contributed by atoms with Crippen LogP contribution in [0.3, 0.4) is 0 Å². The molecule has 0 saturated carbocycles. The summed E-state index contributed by atoms with van der Waals surface area (Å²) >= 11 is 0. The van der Waals surface area contributed by atoms with Crippen molar-refractivity contribution in [3.05, 3.63) is 30.3 Å². The van der Waals surface area contributed by atoms with Gasteiger partial charge in [0, 0.05) is 30.4 Å². The fourth-order valence-electron chi connectivity index (χ4n) is 3.67. The van der Waals surface area contributed by atoms with Crippen molar-refractivity contribution in [1.82, 2.24) is 0 Å². The first kappa shape index (κ1) is 17.5. The number of benzene rings is 2. The molecule has 3 aliphatic heterocycles. The summed E-state index contributed by atoms with van der Waals surface area (Å²) in [6.45, 7) is 1.51. The first-order valence-electron chi connectivity index (χ1n) is 9.31. The number of hydrogen-bond donors (Lipinski definition) is 2. The van der Waals surface area contributed by atoms with Gasteiger partial charge in [-0.3, -0.25) is 9.59 Å². The van der Waals surface area contributed by atoms with Gasteiger partial charge in [-0.05, 0) is 18.6 Å². The van der Waals surface area contributed by atoms with Crippen LogP contribution in [0.5, 0.6) is 23.0 Å². The Morgan fingerprint density at radius 1 is 1.00 bits per heavy atom. The predicted octanol–water partition coefficient (Wildman–Crippen LogP) is 1.76. The monoisotopic (exact) mass is 397 g/mol. The van der Waals surface area contributed by atoms with Crippen LogP contribution in [0.25, 0.3) is 0 Å². The lowest BCUT2D eigenvalue weighted by Gasteiger charge is -2.22. The minimum absolute atomic E-state index is 0.109. The molecule has 0 aromatic heterocycles. The number of hydrogen-bond acceptors (Lipinski definition) is 7. The van der Waals surface area contributed by atoms with E-state index in [1.165, 1.54) is 0 Å². The Hall–Kier alpha value is -3.62. The van der Waals surface area contributed by atoms with E-state index in [0.29, 0.717) is 66.2 Å². The summed E-state index contributed by atoms with van der Waals surface area (Å²) in [6.07, 6.45) is 0.406. The molecule has 1 unspecified atom stereocenters. The number of nitrogens with zero attached hydrogens (tertiary/aromatic N) is 1. The Morgan fingerprint density at radius 2 is 1.72 bits per heavy atom. The molecule has 29 heavy (non-hydrogen) atoms. The van der Waals surface area contributed by atoms with Crippen LogP contribution in [0, 0.1) is 5.92 Å². The molecule has 0 bridgehead atoms. The molecule has 9 nitrogen and oxygen atoms in total. The Balaban J connectivity index is 1.32. The van der Waals surface area contributed by atoms with Crippen molar-refractivity contribution in [2.45, 2.75) is 6.42 Å². The molecule has 0 aliphatic carbocycles. The number of amides is 2. The average molecular weight is 397 g/mol. The van der Waals surface area contributed by atoms with Gasteiger partial charge in [0.2, 0.25) is 18.6 Å². The van der Waals surface area contributed by atoms with E-state index in [2.05, 4.69) is 5.32 Å². The quantitative estimate of drug-likeness (QED) is 0.599. The predicted molar refractivity (Wildman–Crippen MR) is 103 cm³/mol. The summed E-state index contributed by atoms with van der Waals surface area (Å²) in [5.74, 6) is 0.821. The van der Waals surface area contributed by atoms with Crippen molar-refractivity contribution in [1.29, 1.82) is 0 Å². The van der Waals surface area contributed by atoms with Crippen LogP contribution in [0.2, 0.25) is 0 Å². The lowest BCUT2D eigenvalue weighted by atomic mass is 10.1. The van der Waals surface area contributed by atoms with E-state index in [-0.39, 0.29) is 12.7 Å². The van der Waals surface area contributed by atoms with E-state index in [0.717, 1.165) is 0 Å². The zero-order valence-electron chi connectivity index (χ0n) is 15.5. The number of nitrogens with two attached hydrogens (primary N) is 1. The molecule has 3 heterocycles. The molecule has 2 aromatic carbocycles. The smallest absolute Gasteiger partial charge is 0.239 e. The molecule has 0 radical (unpaired) electrons. The number of ether oxygens (including phenoxy) is 4. The minimum Gasteiger partial charge on any atom is -0.486 e. The second-order valence-corrected chi connectivity index (χ2v) is 6.94. The summed E-state index contributed by atoms with van der Waals surface area (Å²) in [7, 11) is 0. The summed E-state index contributed by atoms with van der Waals surface area (Å²) in [4.78, 5) is 27.2. The van der Waals surface area contributed by atoms with Gasteiger partial charge in [-0.2, -0.15) is 0 Å². The van der Waals surface area contributed by atoms with Gasteiger partial charge in [-0.1, -0.05) is 0 Å². The van der Waals surface area contributed by atoms with Gasteiger partial charge in [0.15, 0.2) is 23.0 Å². The normalized spacial score (nSPS) is 19.4. The number of nitrogens with one attached hydrogen (secondary N) is 1. The lowest BCUT2D eigenvalue weighted by molar-refractivity contribution is -0.129. The van der Waals surface area contributed by atoms with Crippen LogP contribution in [0.15, 0.2) is 30.3 Å². The van der Waals surface area contributed by atoms with Gasteiger partial charge in [0.1, 0.15) is 19.1 Å². The van der Waals surface area contributed by atoms with E-state index in [1.54, 1.807) is 35.2 Å². The van der Waals surface area contributed by atoms with Crippen molar-refractivity contribution in [2.24, 2.45) is 5.92 Å². The first-order chi connectivity index (χ1) is 14.1. The van der Waals surface area contributed by atoms with Gasteiger partial charge in [0.05, 0.1) is 11.4 Å². The third kappa shape index (κ3) is 3.04. The summed E-state index contributed by atoms with van der Waals surface area (Å²) in [6, 6.07) is 8.53. The number of rotatable bonds is 3. The minimum atomic E-state index is -0.798. The standard InChI is InChI=1S/C20H19N3O6/c21-13-8-17-18(29-10-28-17)9-14(13)22-19(24)12-3-4-23(20(12)25)11-1-2-15-16(7-11)27-6-5-26-15/h1-2,7-9,12H,3-6,10,21H2,(H,22,24).